The van der Waals surface area contributed by atoms with Crippen LogP contribution in [0.5, 0.6) is 0 Å². The van der Waals surface area contributed by atoms with Crippen molar-refractivity contribution in [2.24, 2.45) is 17.1 Å². The van der Waals surface area contributed by atoms with Gasteiger partial charge in [-0.05, 0) is 24.7 Å². The third-order valence-electron chi connectivity index (χ3n) is 2.88. The first-order valence-corrected chi connectivity index (χ1v) is 6.13. The van der Waals surface area contributed by atoms with Gasteiger partial charge in [0, 0.05) is 26.1 Å². The fourth-order valence-corrected chi connectivity index (χ4v) is 1.96. The van der Waals surface area contributed by atoms with Crippen LogP contribution in [-0.4, -0.2) is 30.4 Å². The van der Waals surface area contributed by atoms with Gasteiger partial charge in [0.25, 0.3) is 0 Å². The maximum Gasteiger partial charge on any atom is 0.222 e. The standard InChI is InChI=1S/C13H28N2O/c1-10(8-13(3,4)5)7-12(16)15(6)11(2)9-14/h10-11H,7-9,14H2,1-6H3. The van der Waals surface area contributed by atoms with E-state index in [1.54, 1.807) is 4.90 Å². The molecule has 0 aliphatic carbocycles. The maximum atomic E-state index is 11.9. The molecule has 0 aliphatic heterocycles. The lowest BCUT2D eigenvalue weighted by molar-refractivity contribution is -0.132. The van der Waals surface area contributed by atoms with E-state index in [1.807, 2.05) is 14.0 Å². The van der Waals surface area contributed by atoms with Crippen molar-refractivity contribution in [2.45, 2.75) is 53.5 Å². The number of likely N-dealkylation sites (N-methyl/N-ethyl adjacent to an activating group) is 1. The van der Waals surface area contributed by atoms with Crippen molar-refractivity contribution in [3.8, 4) is 0 Å². The Bertz CT molecular complexity index is 220. The van der Waals surface area contributed by atoms with E-state index >= 15 is 0 Å². The highest BCUT2D eigenvalue weighted by molar-refractivity contribution is 5.76. The minimum Gasteiger partial charge on any atom is -0.342 e. The van der Waals surface area contributed by atoms with Gasteiger partial charge in [0.05, 0.1) is 0 Å². The largest absolute Gasteiger partial charge is 0.342 e. The topological polar surface area (TPSA) is 46.3 Å². The summed E-state index contributed by atoms with van der Waals surface area (Å²) in [5.41, 5.74) is 5.84. The number of hydrogen-bond acceptors (Lipinski definition) is 2. The second-order valence-corrected chi connectivity index (χ2v) is 6.16. The molecule has 0 bridgehead atoms. The summed E-state index contributed by atoms with van der Waals surface area (Å²) in [6, 6.07) is 0.134. The van der Waals surface area contributed by atoms with Crippen molar-refractivity contribution in [3.05, 3.63) is 0 Å². The van der Waals surface area contributed by atoms with E-state index in [4.69, 9.17) is 5.73 Å². The summed E-state index contributed by atoms with van der Waals surface area (Å²) in [6.07, 6.45) is 1.70. The zero-order valence-electron chi connectivity index (χ0n) is 11.7. The molecule has 2 atom stereocenters. The molecule has 16 heavy (non-hydrogen) atoms. The van der Waals surface area contributed by atoms with Crippen molar-refractivity contribution in [1.29, 1.82) is 0 Å². The monoisotopic (exact) mass is 228 g/mol. The lowest BCUT2D eigenvalue weighted by Gasteiger charge is -2.27. The lowest BCUT2D eigenvalue weighted by Crippen LogP contribution is -2.40. The van der Waals surface area contributed by atoms with Gasteiger partial charge < -0.3 is 10.6 Å². The van der Waals surface area contributed by atoms with Crippen LogP contribution >= 0.6 is 0 Å². The molecule has 0 fully saturated rings. The Balaban J connectivity index is 4.14. The number of nitrogens with zero attached hydrogens (tertiary/aromatic N) is 1. The first-order chi connectivity index (χ1) is 7.17. The molecule has 0 aliphatic rings. The fraction of sp³-hybridized carbons (Fsp3) is 0.923. The SMILES string of the molecule is CC(CC(=O)N(C)C(C)CN)CC(C)(C)C. The van der Waals surface area contributed by atoms with E-state index < -0.39 is 0 Å². The van der Waals surface area contributed by atoms with Crippen molar-refractivity contribution < 1.29 is 4.79 Å². The minimum atomic E-state index is 0.134. The molecule has 0 spiro atoms. The quantitative estimate of drug-likeness (QED) is 0.784. The van der Waals surface area contributed by atoms with E-state index in [9.17, 15) is 4.79 Å². The molecular weight excluding hydrogens is 200 g/mol. The summed E-state index contributed by atoms with van der Waals surface area (Å²) < 4.78 is 0. The van der Waals surface area contributed by atoms with E-state index in [-0.39, 0.29) is 17.4 Å². The molecule has 0 aromatic heterocycles. The zero-order valence-corrected chi connectivity index (χ0v) is 11.7. The van der Waals surface area contributed by atoms with Crippen LogP contribution in [0.25, 0.3) is 0 Å². The van der Waals surface area contributed by atoms with Crippen LogP contribution in [-0.2, 0) is 4.79 Å². The average molecular weight is 228 g/mol. The van der Waals surface area contributed by atoms with Gasteiger partial charge in [0.15, 0.2) is 0 Å². The molecular formula is C13H28N2O. The molecule has 0 radical (unpaired) electrons. The van der Waals surface area contributed by atoms with Crippen LogP contribution in [0.4, 0.5) is 0 Å². The third kappa shape index (κ3) is 6.11. The molecule has 0 aromatic carbocycles. The summed E-state index contributed by atoms with van der Waals surface area (Å²) in [5.74, 6) is 0.634. The molecule has 0 rings (SSSR count). The molecule has 0 saturated heterocycles. The van der Waals surface area contributed by atoms with Crippen LogP contribution in [0.15, 0.2) is 0 Å². The third-order valence-corrected chi connectivity index (χ3v) is 2.88. The summed E-state index contributed by atoms with van der Waals surface area (Å²) in [6.45, 7) is 11.3. The number of rotatable bonds is 5. The average Bonchev–Trinajstić information content (AvgIpc) is 2.12. The Hall–Kier alpha value is -0.570. The highest BCUT2D eigenvalue weighted by Crippen LogP contribution is 2.26. The van der Waals surface area contributed by atoms with Gasteiger partial charge >= 0.3 is 0 Å². The molecule has 1 amide bonds. The van der Waals surface area contributed by atoms with Crippen LogP contribution in [0.1, 0.15) is 47.5 Å². The molecule has 2 N–H and O–H groups in total. The number of amides is 1. The lowest BCUT2D eigenvalue weighted by atomic mass is 9.84. The molecule has 0 saturated carbocycles. The number of hydrogen-bond donors (Lipinski definition) is 1. The van der Waals surface area contributed by atoms with E-state index in [1.165, 1.54) is 0 Å². The summed E-state index contributed by atoms with van der Waals surface area (Å²) in [7, 11) is 1.84. The fourth-order valence-electron chi connectivity index (χ4n) is 1.96. The maximum absolute atomic E-state index is 11.9. The number of carbonyl (C=O) groups is 1. The zero-order chi connectivity index (χ0) is 12.9. The predicted octanol–water partition coefficient (Wildman–Crippen LogP) is 2.25. The highest BCUT2D eigenvalue weighted by atomic mass is 16.2. The number of nitrogens with two attached hydrogens (primary N) is 1. The summed E-state index contributed by atoms with van der Waals surface area (Å²) in [4.78, 5) is 13.7. The summed E-state index contributed by atoms with van der Waals surface area (Å²) in [5, 5.41) is 0. The van der Waals surface area contributed by atoms with Crippen LogP contribution < -0.4 is 5.73 Å². The van der Waals surface area contributed by atoms with E-state index in [0.717, 1.165) is 6.42 Å². The van der Waals surface area contributed by atoms with Gasteiger partial charge in [-0.3, -0.25) is 4.79 Å². The van der Waals surface area contributed by atoms with Gasteiger partial charge in [-0.25, -0.2) is 0 Å². The van der Waals surface area contributed by atoms with E-state index in [2.05, 4.69) is 27.7 Å². The highest BCUT2D eigenvalue weighted by Gasteiger charge is 2.21. The molecule has 0 aromatic rings. The Kier molecular flexibility index (Phi) is 6.01. The summed E-state index contributed by atoms with van der Waals surface area (Å²) >= 11 is 0. The molecule has 0 heterocycles. The normalized spacial score (nSPS) is 15.7. The van der Waals surface area contributed by atoms with Gasteiger partial charge in [-0.15, -0.1) is 0 Å². The molecule has 3 heteroatoms. The Morgan fingerprint density at radius 2 is 1.81 bits per heavy atom. The Morgan fingerprint density at radius 3 is 2.19 bits per heavy atom. The Morgan fingerprint density at radius 1 is 1.31 bits per heavy atom. The predicted molar refractivity (Wildman–Crippen MR) is 69.1 cm³/mol. The molecule has 96 valence electrons. The van der Waals surface area contributed by atoms with Gasteiger partial charge in [-0.1, -0.05) is 27.7 Å². The van der Waals surface area contributed by atoms with Crippen LogP contribution in [0.3, 0.4) is 0 Å². The van der Waals surface area contributed by atoms with Crippen molar-refractivity contribution in [2.75, 3.05) is 13.6 Å². The van der Waals surface area contributed by atoms with Gasteiger partial charge in [-0.2, -0.15) is 0 Å². The first-order valence-electron chi connectivity index (χ1n) is 6.13. The van der Waals surface area contributed by atoms with E-state index in [0.29, 0.717) is 18.9 Å². The molecule has 3 nitrogen and oxygen atoms in total. The first kappa shape index (κ1) is 15.4. The Labute approximate surface area is 100 Å². The number of carbonyl (C=O) groups excluding carboxylic acids is 1. The second kappa shape index (κ2) is 6.24. The smallest absolute Gasteiger partial charge is 0.222 e. The van der Waals surface area contributed by atoms with Crippen molar-refractivity contribution in [1.82, 2.24) is 4.90 Å². The van der Waals surface area contributed by atoms with Crippen molar-refractivity contribution in [3.63, 3.8) is 0 Å². The van der Waals surface area contributed by atoms with Gasteiger partial charge in [0.2, 0.25) is 5.91 Å². The molecule has 2 unspecified atom stereocenters. The van der Waals surface area contributed by atoms with Crippen LogP contribution in [0, 0.1) is 11.3 Å². The van der Waals surface area contributed by atoms with Crippen LogP contribution in [0.2, 0.25) is 0 Å². The van der Waals surface area contributed by atoms with Gasteiger partial charge in [0.1, 0.15) is 0 Å². The van der Waals surface area contributed by atoms with Crippen molar-refractivity contribution >= 4 is 5.91 Å². The second-order valence-electron chi connectivity index (χ2n) is 6.16. The minimum absolute atomic E-state index is 0.134.